The number of hydrogen-bond donors (Lipinski definition) is 0. The van der Waals surface area contributed by atoms with Crippen LogP contribution in [0.2, 0.25) is 0 Å². The molecule has 8 heteroatoms. The van der Waals surface area contributed by atoms with Gasteiger partial charge in [-0.1, -0.05) is 106 Å². The van der Waals surface area contributed by atoms with Gasteiger partial charge in [-0.15, -0.1) is 10.2 Å². The van der Waals surface area contributed by atoms with E-state index in [1.54, 1.807) is 0 Å². The molecule has 2 aromatic heterocycles. The van der Waals surface area contributed by atoms with Gasteiger partial charge in [0.05, 0.1) is 13.1 Å². The Bertz CT molecular complexity index is 1600. The molecule has 0 spiro atoms. The quantitative estimate of drug-likeness (QED) is 0.184. The molecule has 0 aliphatic rings. The summed E-state index contributed by atoms with van der Waals surface area (Å²) in [4.78, 5) is 0. The Kier molecular flexibility index (Phi) is 8.03. The maximum Gasteiger partial charge on any atom is 0.134 e. The molecule has 4 aromatic carbocycles. The molecule has 0 aliphatic carbocycles. The van der Waals surface area contributed by atoms with Crippen LogP contribution in [0.1, 0.15) is 33.6 Å². The molecule has 0 saturated carbocycles. The van der Waals surface area contributed by atoms with Crippen LogP contribution in [0.15, 0.2) is 109 Å². The summed E-state index contributed by atoms with van der Waals surface area (Å²) in [5.41, 5.74) is 7.54. The summed E-state index contributed by atoms with van der Waals surface area (Å²) in [5.74, 6) is 1.53. The van der Waals surface area contributed by atoms with Gasteiger partial charge in [0.15, 0.2) is 0 Å². The zero-order chi connectivity index (χ0) is 28.7. The third-order valence-electron chi connectivity index (χ3n) is 6.98. The van der Waals surface area contributed by atoms with E-state index in [9.17, 15) is 0 Å². The van der Waals surface area contributed by atoms with Crippen LogP contribution in [0.3, 0.4) is 0 Å². The van der Waals surface area contributed by atoms with Crippen molar-refractivity contribution in [2.45, 2.75) is 40.2 Å². The van der Waals surface area contributed by atoms with Gasteiger partial charge in [-0.05, 0) is 49.2 Å². The average Bonchev–Trinajstić information content (AvgIpc) is 3.60. The molecule has 210 valence electrons. The van der Waals surface area contributed by atoms with Gasteiger partial charge in [-0.25, -0.2) is 9.36 Å². The predicted octanol–water partition coefficient (Wildman–Crippen LogP) is 6.41. The first-order chi connectivity index (χ1) is 20.6. The minimum atomic E-state index is 0.238. The van der Waals surface area contributed by atoms with Gasteiger partial charge in [0.2, 0.25) is 0 Å². The predicted molar refractivity (Wildman–Crippen MR) is 161 cm³/mol. The van der Waals surface area contributed by atoms with Crippen molar-refractivity contribution in [2.24, 2.45) is 0 Å². The standard InChI is InChI=1S/C34H32N6O2/c1-25-13-17-29(18-14-25)41-23-31-33(39(37-35-31)21-27-9-5-3-6-10-27)34-32(24-42-30-19-15-26(2)16-20-30)36-38-40(34)22-28-11-7-4-8-12-28/h3-20H,21-24H2,1-2H3. The van der Waals surface area contributed by atoms with E-state index in [2.05, 4.69) is 58.7 Å². The van der Waals surface area contributed by atoms with Crippen LogP contribution in [0.5, 0.6) is 11.5 Å². The van der Waals surface area contributed by atoms with Crippen molar-refractivity contribution in [3.05, 3.63) is 143 Å². The largest absolute Gasteiger partial charge is 0.487 e. The summed E-state index contributed by atoms with van der Waals surface area (Å²) >= 11 is 0. The SMILES string of the molecule is Cc1ccc(OCc2nnn(Cc3ccccc3)c2-c2c(COc3ccc(C)cc3)nnn2Cc2ccccc2)cc1. The fraction of sp³-hybridized carbons (Fsp3) is 0.176. The summed E-state index contributed by atoms with van der Waals surface area (Å²) in [7, 11) is 0. The summed E-state index contributed by atoms with van der Waals surface area (Å²) in [6.07, 6.45) is 0. The molecule has 2 heterocycles. The topological polar surface area (TPSA) is 79.9 Å². The summed E-state index contributed by atoms with van der Waals surface area (Å²) in [6.45, 7) is 5.64. The lowest BCUT2D eigenvalue weighted by Crippen LogP contribution is -2.12. The van der Waals surface area contributed by atoms with Gasteiger partial charge in [0.1, 0.15) is 47.5 Å². The van der Waals surface area contributed by atoms with E-state index >= 15 is 0 Å². The Hall–Kier alpha value is -5.24. The number of nitrogens with zero attached hydrogens (tertiary/aromatic N) is 6. The van der Waals surface area contributed by atoms with E-state index in [1.807, 2.05) is 94.3 Å². The molecular formula is C34H32N6O2. The van der Waals surface area contributed by atoms with Crippen molar-refractivity contribution in [3.8, 4) is 22.9 Å². The molecular weight excluding hydrogens is 524 g/mol. The Balaban J connectivity index is 1.41. The highest BCUT2D eigenvalue weighted by molar-refractivity contribution is 5.61. The highest BCUT2D eigenvalue weighted by atomic mass is 16.5. The first-order valence-corrected chi connectivity index (χ1v) is 13.9. The lowest BCUT2D eigenvalue weighted by Gasteiger charge is -2.13. The molecule has 0 atom stereocenters. The molecule has 0 amide bonds. The van der Waals surface area contributed by atoms with Crippen LogP contribution in [-0.2, 0) is 26.3 Å². The minimum absolute atomic E-state index is 0.238. The fourth-order valence-electron chi connectivity index (χ4n) is 4.72. The Morgan fingerprint density at radius 2 is 0.881 bits per heavy atom. The zero-order valence-electron chi connectivity index (χ0n) is 23.7. The van der Waals surface area contributed by atoms with Crippen LogP contribution < -0.4 is 9.47 Å². The molecule has 8 nitrogen and oxygen atoms in total. The second kappa shape index (κ2) is 12.5. The zero-order valence-corrected chi connectivity index (χ0v) is 23.7. The molecule has 0 fully saturated rings. The number of hydrogen-bond acceptors (Lipinski definition) is 6. The average molecular weight is 557 g/mol. The minimum Gasteiger partial charge on any atom is -0.487 e. The highest BCUT2D eigenvalue weighted by Crippen LogP contribution is 2.29. The van der Waals surface area contributed by atoms with E-state index in [0.29, 0.717) is 24.5 Å². The van der Waals surface area contributed by atoms with Crippen molar-refractivity contribution < 1.29 is 9.47 Å². The molecule has 0 aliphatic heterocycles. The van der Waals surface area contributed by atoms with E-state index in [0.717, 1.165) is 34.0 Å². The first kappa shape index (κ1) is 27.0. The Morgan fingerprint density at radius 1 is 0.500 bits per heavy atom. The van der Waals surface area contributed by atoms with Crippen LogP contribution in [-0.4, -0.2) is 30.0 Å². The first-order valence-electron chi connectivity index (χ1n) is 13.9. The van der Waals surface area contributed by atoms with Crippen molar-refractivity contribution in [1.29, 1.82) is 0 Å². The smallest absolute Gasteiger partial charge is 0.134 e. The van der Waals surface area contributed by atoms with Crippen molar-refractivity contribution in [3.63, 3.8) is 0 Å². The number of aromatic nitrogens is 6. The van der Waals surface area contributed by atoms with E-state index in [4.69, 9.17) is 9.47 Å². The van der Waals surface area contributed by atoms with E-state index < -0.39 is 0 Å². The molecule has 6 aromatic rings. The molecule has 42 heavy (non-hydrogen) atoms. The molecule has 0 N–H and O–H groups in total. The second-order valence-electron chi connectivity index (χ2n) is 10.3. The molecule has 0 bridgehead atoms. The lowest BCUT2D eigenvalue weighted by atomic mass is 10.1. The Morgan fingerprint density at radius 3 is 1.26 bits per heavy atom. The summed E-state index contributed by atoms with van der Waals surface area (Å²) in [6, 6.07) is 36.4. The molecule has 0 saturated heterocycles. The van der Waals surface area contributed by atoms with Crippen LogP contribution in [0.4, 0.5) is 0 Å². The number of benzene rings is 4. The summed E-state index contributed by atoms with van der Waals surface area (Å²) < 4.78 is 16.2. The van der Waals surface area contributed by atoms with Crippen molar-refractivity contribution in [2.75, 3.05) is 0 Å². The van der Waals surface area contributed by atoms with Gasteiger partial charge in [-0.3, -0.25) is 0 Å². The number of rotatable bonds is 11. The molecule has 0 unspecified atom stereocenters. The summed E-state index contributed by atoms with van der Waals surface area (Å²) in [5, 5.41) is 18.4. The third-order valence-corrected chi connectivity index (χ3v) is 6.98. The van der Waals surface area contributed by atoms with Crippen LogP contribution in [0, 0.1) is 13.8 Å². The fourth-order valence-corrected chi connectivity index (χ4v) is 4.72. The monoisotopic (exact) mass is 556 g/mol. The number of aryl methyl sites for hydroxylation is 2. The normalized spacial score (nSPS) is 11.0. The second-order valence-corrected chi connectivity index (χ2v) is 10.3. The van der Waals surface area contributed by atoms with Crippen LogP contribution in [0.25, 0.3) is 11.4 Å². The maximum atomic E-state index is 6.19. The van der Waals surface area contributed by atoms with Crippen molar-refractivity contribution in [1.82, 2.24) is 30.0 Å². The van der Waals surface area contributed by atoms with E-state index in [1.165, 1.54) is 11.1 Å². The number of ether oxygens (including phenoxy) is 2. The molecule has 0 radical (unpaired) electrons. The van der Waals surface area contributed by atoms with Gasteiger partial charge in [-0.2, -0.15) is 0 Å². The van der Waals surface area contributed by atoms with Gasteiger partial charge in [0.25, 0.3) is 0 Å². The van der Waals surface area contributed by atoms with Gasteiger partial charge >= 0.3 is 0 Å². The van der Waals surface area contributed by atoms with E-state index in [-0.39, 0.29) is 13.2 Å². The van der Waals surface area contributed by atoms with Crippen molar-refractivity contribution >= 4 is 0 Å². The Labute approximate surface area is 245 Å². The third kappa shape index (κ3) is 6.39. The highest BCUT2D eigenvalue weighted by Gasteiger charge is 2.25. The van der Waals surface area contributed by atoms with Gasteiger partial charge < -0.3 is 9.47 Å². The molecule has 6 rings (SSSR count). The maximum absolute atomic E-state index is 6.19. The lowest BCUT2D eigenvalue weighted by molar-refractivity contribution is 0.299. The van der Waals surface area contributed by atoms with Gasteiger partial charge in [0, 0.05) is 0 Å². The van der Waals surface area contributed by atoms with Crippen LogP contribution >= 0.6 is 0 Å².